The molecule has 156 valence electrons. The van der Waals surface area contributed by atoms with Crippen molar-refractivity contribution in [2.24, 2.45) is 13.0 Å². The fourth-order valence-electron chi connectivity index (χ4n) is 3.65. The lowest BCUT2D eigenvalue weighted by atomic mass is 9.90. The number of hydrogen-bond donors (Lipinski definition) is 2. The number of carbonyl (C=O) groups is 2. The monoisotopic (exact) mass is 427 g/mol. The molecule has 30 heavy (non-hydrogen) atoms. The lowest BCUT2D eigenvalue weighted by molar-refractivity contribution is -0.121. The van der Waals surface area contributed by atoms with Crippen LogP contribution >= 0.6 is 0 Å². The van der Waals surface area contributed by atoms with Crippen molar-refractivity contribution >= 4 is 38.6 Å². The molecule has 9 nitrogen and oxygen atoms in total. The predicted molar refractivity (Wildman–Crippen MR) is 110 cm³/mol. The number of amides is 2. The lowest BCUT2D eigenvalue weighted by Gasteiger charge is -2.24. The quantitative estimate of drug-likeness (QED) is 0.639. The molecule has 2 N–H and O–H groups in total. The van der Waals surface area contributed by atoms with Gasteiger partial charge in [0, 0.05) is 36.7 Å². The second kappa shape index (κ2) is 7.52. The minimum atomic E-state index is -4.07. The number of sulfonamides is 1. The Morgan fingerprint density at radius 1 is 1.33 bits per heavy atom. The Labute approximate surface area is 173 Å². The van der Waals surface area contributed by atoms with Crippen LogP contribution in [0.2, 0.25) is 0 Å². The van der Waals surface area contributed by atoms with Crippen molar-refractivity contribution in [3.8, 4) is 0 Å². The average molecular weight is 427 g/mol. The Morgan fingerprint density at radius 3 is 2.90 bits per heavy atom. The maximum absolute atomic E-state index is 12.6. The van der Waals surface area contributed by atoms with Crippen LogP contribution in [0.5, 0.6) is 0 Å². The number of pyridine rings is 1. The van der Waals surface area contributed by atoms with Crippen molar-refractivity contribution in [3.05, 3.63) is 47.8 Å². The number of rotatable bonds is 5. The maximum Gasteiger partial charge on any atom is 0.265 e. The van der Waals surface area contributed by atoms with E-state index in [1.54, 1.807) is 18.7 Å². The first-order valence-corrected chi connectivity index (χ1v) is 11.0. The minimum absolute atomic E-state index is 0.0823. The first-order chi connectivity index (χ1) is 14.2. The molecule has 3 aromatic rings. The first kappa shape index (κ1) is 20.0. The van der Waals surface area contributed by atoms with E-state index >= 15 is 0 Å². The number of para-hydroxylation sites is 1. The van der Waals surface area contributed by atoms with Crippen molar-refractivity contribution in [1.29, 1.82) is 0 Å². The first-order valence-electron chi connectivity index (χ1n) is 9.48. The largest absolute Gasteiger partial charge is 0.326 e. The van der Waals surface area contributed by atoms with E-state index in [4.69, 9.17) is 0 Å². The van der Waals surface area contributed by atoms with Crippen LogP contribution in [0.4, 0.5) is 5.69 Å². The van der Waals surface area contributed by atoms with Gasteiger partial charge >= 0.3 is 0 Å². The van der Waals surface area contributed by atoms with E-state index in [1.807, 2.05) is 24.3 Å². The van der Waals surface area contributed by atoms with Crippen molar-refractivity contribution in [3.63, 3.8) is 0 Å². The van der Waals surface area contributed by atoms with E-state index < -0.39 is 15.9 Å². The molecular weight excluding hydrogens is 406 g/mol. The molecule has 3 heterocycles. The van der Waals surface area contributed by atoms with E-state index in [0.717, 1.165) is 11.3 Å². The highest BCUT2D eigenvalue weighted by Crippen LogP contribution is 2.27. The normalized spacial score (nSPS) is 16.2. The van der Waals surface area contributed by atoms with Gasteiger partial charge in [0.1, 0.15) is 4.90 Å². The molecule has 10 heteroatoms. The summed E-state index contributed by atoms with van der Waals surface area (Å²) in [5.74, 6) is -1.21. The van der Waals surface area contributed by atoms with Crippen LogP contribution in [-0.4, -0.2) is 35.0 Å². The summed E-state index contributed by atoms with van der Waals surface area (Å²) in [5, 5.41) is 7.64. The van der Waals surface area contributed by atoms with Crippen LogP contribution in [0.3, 0.4) is 0 Å². The Kier molecular flexibility index (Phi) is 5.02. The Bertz CT molecular complexity index is 1270. The summed E-state index contributed by atoms with van der Waals surface area (Å²) in [7, 11) is -2.35. The molecule has 0 radical (unpaired) electrons. The van der Waals surface area contributed by atoms with Crippen molar-refractivity contribution in [2.75, 3.05) is 5.32 Å². The standard InChI is InChI=1S/C20H21N5O4S/c1-12-16-10-15(11-21-19(16)25(2)23-12)30(28,29)24-18(26)8-7-14-9-13-5-3-4-6-17(13)22-20(14)27/h3-6,10-11,14H,7-9H2,1-2H3,(H,22,27)(H,24,26). The highest BCUT2D eigenvalue weighted by atomic mass is 32.2. The highest BCUT2D eigenvalue weighted by molar-refractivity contribution is 7.90. The molecule has 0 saturated carbocycles. The van der Waals surface area contributed by atoms with Crippen LogP contribution in [-0.2, 0) is 33.1 Å². The molecule has 4 rings (SSSR count). The third kappa shape index (κ3) is 3.78. The van der Waals surface area contributed by atoms with Crippen molar-refractivity contribution < 1.29 is 18.0 Å². The molecule has 0 bridgehead atoms. The van der Waals surface area contributed by atoms with Gasteiger partial charge in [-0.2, -0.15) is 5.10 Å². The lowest BCUT2D eigenvalue weighted by Crippen LogP contribution is -2.33. The van der Waals surface area contributed by atoms with Gasteiger partial charge < -0.3 is 5.32 Å². The van der Waals surface area contributed by atoms with Crippen LogP contribution < -0.4 is 10.0 Å². The second-order valence-electron chi connectivity index (χ2n) is 7.37. The molecule has 0 fully saturated rings. The zero-order valence-corrected chi connectivity index (χ0v) is 17.4. The molecule has 1 aliphatic heterocycles. The van der Waals surface area contributed by atoms with Crippen LogP contribution in [0.25, 0.3) is 11.0 Å². The summed E-state index contributed by atoms with van der Waals surface area (Å²) in [5.41, 5.74) is 2.98. The van der Waals surface area contributed by atoms with Gasteiger partial charge in [-0.05, 0) is 37.5 Å². The van der Waals surface area contributed by atoms with E-state index in [0.29, 0.717) is 23.1 Å². The molecule has 1 aromatic carbocycles. The summed E-state index contributed by atoms with van der Waals surface area (Å²) in [6.07, 6.45) is 1.88. The third-order valence-corrected chi connectivity index (χ3v) is 6.57. The summed E-state index contributed by atoms with van der Waals surface area (Å²) in [4.78, 5) is 28.6. The van der Waals surface area contributed by atoms with Gasteiger partial charge in [0.25, 0.3) is 10.0 Å². The number of aromatic nitrogens is 3. The maximum atomic E-state index is 12.6. The Morgan fingerprint density at radius 2 is 2.10 bits per heavy atom. The Balaban J connectivity index is 1.42. The fraction of sp³-hybridized carbons (Fsp3) is 0.300. The molecule has 0 aliphatic carbocycles. The summed E-state index contributed by atoms with van der Waals surface area (Å²) in [6, 6.07) is 8.94. The molecule has 0 spiro atoms. The number of carbonyl (C=O) groups excluding carboxylic acids is 2. The van der Waals surface area contributed by atoms with Crippen LogP contribution in [0, 0.1) is 12.8 Å². The molecule has 2 aromatic heterocycles. The van der Waals surface area contributed by atoms with Crippen molar-refractivity contribution in [1.82, 2.24) is 19.5 Å². The number of anilines is 1. The van der Waals surface area contributed by atoms with Gasteiger partial charge in [0.15, 0.2) is 5.65 Å². The van der Waals surface area contributed by atoms with Crippen molar-refractivity contribution in [2.45, 2.75) is 31.1 Å². The third-order valence-electron chi connectivity index (χ3n) is 5.23. The molecule has 1 unspecified atom stereocenters. The number of nitrogens with zero attached hydrogens (tertiary/aromatic N) is 3. The molecule has 1 aliphatic rings. The summed E-state index contributed by atoms with van der Waals surface area (Å²) >= 11 is 0. The topological polar surface area (TPSA) is 123 Å². The molecule has 2 amide bonds. The number of benzene rings is 1. The van der Waals surface area contributed by atoms with Crippen LogP contribution in [0.1, 0.15) is 24.1 Å². The SMILES string of the molecule is Cc1nn(C)c2ncc(S(=O)(=O)NC(=O)CCC3Cc4ccccc4NC3=O)cc12. The number of hydrogen-bond acceptors (Lipinski definition) is 6. The number of nitrogens with one attached hydrogen (secondary N) is 2. The molecule has 1 atom stereocenters. The second-order valence-corrected chi connectivity index (χ2v) is 9.05. The highest BCUT2D eigenvalue weighted by Gasteiger charge is 2.27. The van der Waals surface area contributed by atoms with Gasteiger partial charge in [-0.25, -0.2) is 18.1 Å². The zero-order chi connectivity index (χ0) is 21.5. The van der Waals surface area contributed by atoms with Gasteiger partial charge in [-0.1, -0.05) is 18.2 Å². The van der Waals surface area contributed by atoms with Crippen LogP contribution in [0.15, 0.2) is 41.4 Å². The fourth-order valence-corrected chi connectivity index (χ4v) is 4.63. The number of aryl methyl sites for hydroxylation is 2. The number of fused-ring (bicyclic) bond motifs is 2. The van der Waals surface area contributed by atoms with Gasteiger partial charge in [-0.15, -0.1) is 0 Å². The minimum Gasteiger partial charge on any atom is -0.326 e. The van der Waals surface area contributed by atoms with Gasteiger partial charge in [-0.3, -0.25) is 14.3 Å². The summed E-state index contributed by atoms with van der Waals surface area (Å²) in [6.45, 7) is 1.76. The molecular formula is C20H21N5O4S. The average Bonchev–Trinajstić information content (AvgIpc) is 2.99. The van der Waals surface area contributed by atoms with Gasteiger partial charge in [0.2, 0.25) is 11.8 Å². The van der Waals surface area contributed by atoms with Gasteiger partial charge in [0.05, 0.1) is 5.69 Å². The van der Waals surface area contributed by atoms with E-state index in [2.05, 4.69) is 20.1 Å². The molecule has 0 saturated heterocycles. The zero-order valence-electron chi connectivity index (χ0n) is 16.5. The predicted octanol–water partition coefficient (Wildman–Crippen LogP) is 1.67. The smallest absolute Gasteiger partial charge is 0.265 e. The van der Waals surface area contributed by atoms with E-state index in [9.17, 15) is 18.0 Å². The van der Waals surface area contributed by atoms with E-state index in [-0.39, 0.29) is 29.6 Å². The van der Waals surface area contributed by atoms with E-state index in [1.165, 1.54) is 12.3 Å². The Hall–Kier alpha value is -3.27. The summed E-state index contributed by atoms with van der Waals surface area (Å²) < 4.78 is 28.8.